The van der Waals surface area contributed by atoms with Gasteiger partial charge >= 0.3 is 5.97 Å². The van der Waals surface area contributed by atoms with E-state index in [1.165, 1.54) is 20.0 Å². The van der Waals surface area contributed by atoms with Gasteiger partial charge in [0.05, 0.1) is 12.5 Å². The highest BCUT2D eigenvalue weighted by molar-refractivity contribution is 8.00. The molecule has 1 saturated heterocycles. The molecule has 1 rings (SSSR count). The summed E-state index contributed by atoms with van der Waals surface area (Å²) < 4.78 is 4.82. The normalized spacial score (nSPS) is 22.6. The average Bonchev–Trinajstić information content (AvgIpc) is 2.82. The molecule has 0 saturated carbocycles. The van der Waals surface area contributed by atoms with Crippen molar-refractivity contribution in [3.63, 3.8) is 0 Å². The predicted octanol–water partition coefficient (Wildman–Crippen LogP) is 2.81. The van der Waals surface area contributed by atoms with Gasteiger partial charge < -0.3 is 9.64 Å². The van der Waals surface area contributed by atoms with E-state index in [1.54, 1.807) is 16.7 Å². The largest absolute Gasteiger partial charge is 0.467 e. The van der Waals surface area contributed by atoms with E-state index in [9.17, 15) is 9.59 Å². The molecule has 1 aliphatic rings. The van der Waals surface area contributed by atoms with Crippen LogP contribution in [0.1, 0.15) is 52.4 Å². The lowest BCUT2D eigenvalue weighted by Gasteiger charge is -2.28. The van der Waals surface area contributed by atoms with E-state index in [2.05, 4.69) is 6.92 Å². The number of nitrogens with zero attached hydrogens (tertiary/aromatic N) is 1. The van der Waals surface area contributed by atoms with Crippen molar-refractivity contribution >= 4 is 23.6 Å². The summed E-state index contributed by atoms with van der Waals surface area (Å²) in [7, 11) is 1.39. The van der Waals surface area contributed by atoms with Crippen LogP contribution < -0.4 is 0 Å². The molecule has 1 aliphatic heterocycles. The van der Waals surface area contributed by atoms with E-state index in [0.717, 1.165) is 19.3 Å². The number of unbranched alkanes of at least 4 members (excludes halogenated alkanes) is 2. The van der Waals surface area contributed by atoms with E-state index < -0.39 is 0 Å². The number of esters is 1. The summed E-state index contributed by atoms with van der Waals surface area (Å²) >= 11 is 1.71. The van der Waals surface area contributed by atoms with Gasteiger partial charge in [0.25, 0.3) is 0 Å². The van der Waals surface area contributed by atoms with E-state index in [4.69, 9.17) is 4.74 Å². The number of carbonyl (C=O) groups is 2. The third kappa shape index (κ3) is 4.41. The first kappa shape index (κ1) is 16.3. The lowest BCUT2D eigenvalue weighted by Crippen LogP contribution is -2.46. The molecule has 2 atom stereocenters. The second-order valence-electron chi connectivity index (χ2n) is 4.87. The topological polar surface area (TPSA) is 46.6 Å². The Hall–Kier alpha value is -0.710. The summed E-state index contributed by atoms with van der Waals surface area (Å²) in [5.74, 6) is 0.471. The zero-order valence-electron chi connectivity index (χ0n) is 12.2. The van der Waals surface area contributed by atoms with Crippen molar-refractivity contribution in [1.29, 1.82) is 0 Å². The molecule has 0 radical (unpaired) electrons. The minimum atomic E-state index is -0.388. The molecule has 0 N–H and O–H groups in total. The van der Waals surface area contributed by atoms with Gasteiger partial charge in [-0.25, -0.2) is 4.79 Å². The third-order valence-electron chi connectivity index (χ3n) is 3.37. The second kappa shape index (κ2) is 8.46. The fourth-order valence-electron chi connectivity index (χ4n) is 2.35. The standard InChI is InChI=1S/C14H25NO3S/c1-4-6-7-9-13-15(12(16)8-5-2)11(10-19-13)14(17)18-3/h11,13H,4-10H2,1-3H3. The van der Waals surface area contributed by atoms with E-state index >= 15 is 0 Å². The van der Waals surface area contributed by atoms with Crippen molar-refractivity contribution in [2.75, 3.05) is 12.9 Å². The van der Waals surface area contributed by atoms with Crippen LogP contribution in [-0.2, 0) is 14.3 Å². The number of amides is 1. The molecule has 2 unspecified atom stereocenters. The van der Waals surface area contributed by atoms with Crippen LogP contribution in [0, 0.1) is 0 Å². The van der Waals surface area contributed by atoms with Gasteiger partial charge in [-0.2, -0.15) is 0 Å². The molecule has 1 heterocycles. The minimum absolute atomic E-state index is 0.0874. The number of thioether (sulfide) groups is 1. The Morgan fingerprint density at radius 1 is 1.26 bits per heavy atom. The number of ether oxygens (including phenoxy) is 1. The number of methoxy groups -OCH3 is 1. The lowest BCUT2D eigenvalue weighted by molar-refractivity contribution is -0.151. The second-order valence-corrected chi connectivity index (χ2v) is 6.08. The van der Waals surface area contributed by atoms with Gasteiger partial charge in [0.2, 0.25) is 5.91 Å². The highest BCUT2D eigenvalue weighted by Crippen LogP contribution is 2.33. The molecule has 0 aromatic carbocycles. The summed E-state index contributed by atoms with van der Waals surface area (Å²) in [6.45, 7) is 4.15. The van der Waals surface area contributed by atoms with Crippen molar-refractivity contribution < 1.29 is 14.3 Å². The highest BCUT2D eigenvalue weighted by Gasteiger charge is 2.41. The Morgan fingerprint density at radius 3 is 2.58 bits per heavy atom. The monoisotopic (exact) mass is 287 g/mol. The summed E-state index contributed by atoms with van der Waals surface area (Å²) in [5, 5.41) is 0.148. The van der Waals surface area contributed by atoms with Crippen molar-refractivity contribution in [2.24, 2.45) is 0 Å². The average molecular weight is 287 g/mol. The molecule has 0 spiro atoms. The van der Waals surface area contributed by atoms with Gasteiger partial charge in [-0.05, 0) is 12.8 Å². The lowest BCUT2D eigenvalue weighted by atomic mass is 10.1. The first-order valence-corrected chi connectivity index (χ1v) is 8.21. The maximum absolute atomic E-state index is 12.2. The Bertz CT molecular complexity index is 309. The molecule has 1 amide bonds. The molecule has 0 aliphatic carbocycles. The van der Waals surface area contributed by atoms with Crippen LogP contribution in [0.3, 0.4) is 0 Å². The zero-order valence-corrected chi connectivity index (χ0v) is 13.0. The van der Waals surface area contributed by atoms with Crippen molar-refractivity contribution in [3.8, 4) is 0 Å². The molecule has 4 nitrogen and oxygen atoms in total. The van der Waals surface area contributed by atoms with E-state index in [-0.39, 0.29) is 23.3 Å². The van der Waals surface area contributed by atoms with Gasteiger partial charge in [0.1, 0.15) is 6.04 Å². The van der Waals surface area contributed by atoms with Gasteiger partial charge in [-0.3, -0.25) is 4.79 Å². The molecule has 0 aromatic rings. The molecule has 5 heteroatoms. The van der Waals surface area contributed by atoms with Crippen molar-refractivity contribution in [1.82, 2.24) is 4.90 Å². The van der Waals surface area contributed by atoms with Crippen molar-refractivity contribution in [2.45, 2.75) is 63.8 Å². The minimum Gasteiger partial charge on any atom is -0.467 e. The first-order chi connectivity index (χ1) is 9.15. The number of hydrogen-bond acceptors (Lipinski definition) is 4. The molecule has 1 fully saturated rings. The van der Waals surface area contributed by atoms with Crippen molar-refractivity contribution in [3.05, 3.63) is 0 Å². The van der Waals surface area contributed by atoms with Crippen LogP contribution in [0.5, 0.6) is 0 Å². The third-order valence-corrected chi connectivity index (χ3v) is 4.73. The Labute approximate surface area is 120 Å². The van der Waals surface area contributed by atoms with Crippen LogP contribution in [0.15, 0.2) is 0 Å². The first-order valence-electron chi connectivity index (χ1n) is 7.16. The maximum Gasteiger partial charge on any atom is 0.329 e. The predicted molar refractivity (Wildman–Crippen MR) is 77.9 cm³/mol. The highest BCUT2D eigenvalue weighted by atomic mass is 32.2. The van der Waals surface area contributed by atoms with Gasteiger partial charge in [0.15, 0.2) is 0 Å². The van der Waals surface area contributed by atoms with Crippen LogP contribution in [0.2, 0.25) is 0 Å². The molecule has 0 aromatic heterocycles. The molecule has 0 bridgehead atoms. The number of hydrogen-bond donors (Lipinski definition) is 0. The fourth-order valence-corrected chi connectivity index (χ4v) is 3.81. The smallest absolute Gasteiger partial charge is 0.329 e. The summed E-state index contributed by atoms with van der Waals surface area (Å²) in [5.41, 5.74) is 0. The SMILES string of the molecule is CCCCCC1SCC(C(=O)OC)N1C(=O)CCC. The number of carbonyl (C=O) groups excluding carboxylic acids is 2. The van der Waals surface area contributed by atoms with Gasteiger partial charge in [-0.1, -0.05) is 33.1 Å². The van der Waals surface area contributed by atoms with E-state index in [1.807, 2.05) is 6.92 Å². The quantitative estimate of drug-likeness (QED) is 0.533. The van der Waals surface area contributed by atoms with Crippen LogP contribution >= 0.6 is 11.8 Å². The summed E-state index contributed by atoms with van der Waals surface area (Å²) in [6, 6.07) is -0.388. The Balaban J connectivity index is 2.69. The summed E-state index contributed by atoms with van der Waals surface area (Å²) in [6.07, 6.45) is 5.75. The van der Waals surface area contributed by atoms with Gasteiger partial charge in [0, 0.05) is 12.2 Å². The maximum atomic E-state index is 12.2. The Morgan fingerprint density at radius 2 is 2.00 bits per heavy atom. The van der Waals surface area contributed by atoms with Crippen LogP contribution in [0.25, 0.3) is 0 Å². The fraction of sp³-hybridized carbons (Fsp3) is 0.857. The molecular weight excluding hydrogens is 262 g/mol. The zero-order chi connectivity index (χ0) is 14.3. The Kier molecular flexibility index (Phi) is 7.28. The summed E-state index contributed by atoms with van der Waals surface area (Å²) in [4.78, 5) is 25.8. The van der Waals surface area contributed by atoms with Crippen LogP contribution in [0.4, 0.5) is 0 Å². The molecular formula is C14H25NO3S. The van der Waals surface area contributed by atoms with E-state index in [0.29, 0.717) is 12.2 Å². The molecule has 110 valence electrons. The molecule has 19 heavy (non-hydrogen) atoms. The number of rotatable bonds is 7. The van der Waals surface area contributed by atoms with Gasteiger partial charge in [-0.15, -0.1) is 11.8 Å². The van der Waals surface area contributed by atoms with Crippen LogP contribution in [-0.4, -0.2) is 41.1 Å².